The molecule has 2 N–H and O–H groups in total. The number of carbonyl (C=O) groups is 1. The number of rotatable bonds is 7. The first-order valence-electron chi connectivity index (χ1n) is 10.1. The summed E-state index contributed by atoms with van der Waals surface area (Å²) in [6.07, 6.45) is 1.80. The maximum Gasteiger partial charge on any atom is 0.223 e. The first-order valence-corrected chi connectivity index (χ1v) is 10.5. The van der Waals surface area contributed by atoms with Gasteiger partial charge < -0.3 is 20.3 Å². The minimum atomic E-state index is -0.241. The fraction of sp³-hybridized carbons (Fsp3) is 0.524. The van der Waals surface area contributed by atoms with Gasteiger partial charge in [0.05, 0.1) is 30.8 Å². The zero-order chi connectivity index (χ0) is 22.0. The summed E-state index contributed by atoms with van der Waals surface area (Å²) in [6, 6.07) is 0. The molecule has 30 heavy (non-hydrogen) atoms. The van der Waals surface area contributed by atoms with Crippen LogP contribution in [0.4, 0.5) is 11.8 Å². The number of aromatic nitrogens is 3. The van der Waals surface area contributed by atoms with Crippen LogP contribution in [0, 0.1) is 19.8 Å². The van der Waals surface area contributed by atoms with Gasteiger partial charge in [0.25, 0.3) is 0 Å². The SMILES string of the molecule is CCN(CC)CC1CN(Cc2ncc(C)c(OC)c2C)c2nc(N)nc(Cl)c2C1=O. The molecule has 2 aromatic rings. The van der Waals surface area contributed by atoms with Crippen LogP contribution in [0.25, 0.3) is 0 Å². The minimum absolute atomic E-state index is 0.0377. The number of aryl methyl sites for hydroxylation is 1. The van der Waals surface area contributed by atoms with Crippen molar-refractivity contribution < 1.29 is 9.53 Å². The Hall–Kier alpha value is -2.45. The average molecular weight is 433 g/mol. The van der Waals surface area contributed by atoms with E-state index < -0.39 is 0 Å². The summed E-state index contributed by atoms with van der Waals surface area (Å²) in [7, 11) is 1.65. The number of fused-ring (bicyclic) bond motifs is 1. The Bertz CT molecular complexity index is 948. The molecule has 0 aliphatic carbocycles. The maximum atomic E-state index is 13.2. The van der Waals surface area contributed by atoms with Crippen LogP contribution in [0.5, 0.6) is 5.75 Å². The molecule has 1 unspecified atom stereocenters. The van der Waals surface area contributed by atoms with E-state index in [0.717, 1.165) is 35.7 Å². The van der Waals surface area contributed by atoms with Gasteiger partial charge in [-0.25, -0.2) is 4.98 Å². The number of ether oxygens (including phenoxy) is 1. The number of hydrogen-bond donors (Lipinski definition) is 1. The van der Waals surface area contributed by atoms with E-state index in [4.69, 9.17) is 22.1 Å². The second kappa shape index (κ2) is 9.14. The zero-order valence-corrected chi connectivity index (χ0v) is 19.0. The highest BCUT2D eigenvalue weighted by Gasteiger charge is 2.37. The van der Waals surface area contributed by atoms with E-state index in [0.29, 0.717) is 31.0 Å². The van der Waals surface area contributed by atoms with Gasteiger partial charge in [-0.05, 0) is 26.9 Å². The Morgan fingerprint density at radius 2 is 2.00 bits per heavy atom. The van der Waals surface area contributed by atoms with Crippen LogP contribution >= 0.6 is 11.6 Å². The number of nitrogens with zero attached hydrogens (tertiary/aromatic N) is 5. The van der Waals surface area contributed by atoms with Crippen LogP contribution in [-0.4, -0.2) is 58.9 Å². The Labute approximate surface area is 182 Å². The molecule has 3 rings (SSSR count). The quantitative estimate of drug-likeness (QED) is 0.667. The molecule has 0 amide bonds. The largest absolute Gasteiger partial charge is 0.496 e. The zero-order valence-electron chi connectivity index (χ0n) is 18.2. The Balaban J connectivity index is 2.03. The summed E-state index contributed by atoms with van der Waals surface area (Å²) in [4.78, 5) is 30.5. The summed E-state index contributed by atoms with van der Waals surface area (Å²) < 4.78 is 5.55. The van der Waals surface area contributed by atoms with E-state index in [1.165, 1.54) is 0 Å². The molecular weight excluding hydrogens is 404 g/mol. The number of carbonyl (C=O) groups excluding carboxylic acids is 1. The summed E-state index contributed by atoms with van der Waals surface area (Å²) in [5.41, 5.74) is 8.98. The molecule has 1 aliphatic rings. The standard InChI is InChI=1S/C21H29ClN6O2/c1-6-27(7-2)9-14-10-28(11-15-13(4)18(30-5)12(3)8-24-15)20-16(17(14)29)19(22)25-21(23)26-20/h8,14H,6-7,9-11H2,1-5H3,(H2,23,25,26). The number of Topliss-reactive ketones (excluding diaryl/α,β-unsaturated/α-hetero) is 1. The van der Waals surface area contributed by atoms with Crippen molar-refractivity contribution in [1.29, 1.82) is 0 Å². The molecule has 0 radical (unpaired) electrons. The normalized spacial score (nSPS) is 16.2. The van der Waals surface area contributed by atoms with Crippen molar-refractivity contribution in [3.05, 3.63) is 33.7 Å². The van der Waals surface area contributed by atoms with E-state index in [1.54, 1.807) is 13.3 Å². The van der Waals surface area contributed by atoms with Crippen LogP contribution in [0.2, 0.25) is 5.15 Å². The van der Waals surface area contributed by atoms with Gasteiger partial charge in [-0.3, -0.25) is 9.78 Å². The van der Waals surface area contributed by atoms with E-state index >= 15 is 0 Å². The van der Waals surface area contributed by atoms with E-state index in [1.807, 2.05) is 18.7 Å². The van der Waals surface area contributed by atoms with Gasteiger partial charge in [-0.1, -0.05) is 25.4 Å². The second-order valence-electron chi connectivity index (χ2n) is 7.54. The fourth-order valence-electron chi connectivity index (χ4n) is 4.00. The van der Waals surface area contributed by atoms with Crippen molar-refractivity contribution in [1.82, 2.24) is 19.9 Å². The molecular formula is C21H29ClN6O2. The number of hydrogen-bond acceptors (Lipinski definition) is 8. The number of nitrogens with two attached hydrogens (primary N) is 1. The van der Waals surface area contributed by atoms with E-state index in [9.17, 15) is 4.79 Å². The van der Waals surface area contributed by atoms with Crippen molar-refractivity contribution in [3.63, 3.8) is 0 Å². The predicted molar refractivity (Wildman–Crippen MR) is 118 cm³/mol. The van der Waals surface area contributed by atoms with Crippen LogP contribution < -0.4 is 15.4 Å². The molecule has 0 aromatic carbocycles. The van der Waals surface area contributed by atoms with Crippen molar-refractivity contribution >= 4 is 29.2 Å². The second-order valence-corrected chi connectivity index (χ2v) is 7.90. The molecule has 0 bridgehead atoms. The smallest absolute Gasteiger partial charge is 0.223 e. The van der Waals surface area contributed by atoms with Gasteiger partial charge >= 0.3 is 0 Å². The number of nitrogen functional groups attached to an aromatic ring is 1. The molecule has 0 spiro atoms. The molecule has 1 atom stereocenters. The number of methoxy groups -OCH3 is 1. The summed E-state index contributed by atoms with van der Waals surface area (Å²) in [5, 5.41) is 0.0999. The van der Waals surface area contributed by atoms with Gasteiger partial charge in [-0.2, -0.15) is 4.98 Å². The highest BCUT2D eigenvalue weighted by atomic mass is 35.5. The van der Waals surface area contributed by atoms with Gasteiger partial charge in [0.1, 0.15) is 16.7 Å². The molecule has 0 saturated carbocycles. The summed E-state index contributed by atoms with van der Waals surface area (Å²) in [5.74, 6) is 1.05. The fourth-order valence-corrected chi connectivity index (χ4v) is 4.27. The van der Waals surface area contributed by atoms with Crippen LogP contribution in [-0.2, 0) is 6.54 Å². The van der Waals surface area contributed by atoms with Crippen LogP contribution in [0.1, 0.15) is 41.0 Å². The van der Waals surface area contributed by atoms with E-state index in [2.05, 4.69) is 33.7 Å². The van der Waals surface area contributed by atoms with Gasteiger partial charge in [0.15, 0.2) is 5.78 Å². The van der Waals surface area contributed by atoms with Crippen LogP contribution in [0.3, 0.4) is 0 Å². The number of ketones is 1. The molecule has 0 saturated heterocycles. The van der Waals surface area contributed by atoms with Crippen molar-refractivity contribution in [2.24, 2.45) is 5.92 Å². The topological polar surface area (TPSA) is 97.5 Å². The van der Waals surface area contributed by atoms with Gasteiger partial charge in [0.2, 0.25) is 5.95 Å². The molecule has 8 nitrogen and oxygen atoms in total. The lowest BCUT2D eigenvalue weighted by molar-refractivity contribution is 0.0878. The number of anilines is 2. The van der Waals surface area contributed by atoms with E-state index in [-0.39, 0.29) is 22.8 Å². The number of halogens is 1. The maximum absolute atomic E-state index is 13.2. The van der Waals surface area contributed by atoms with Crippen molar-refractivity contribution in [2.75, 3.05) is 43.9 Å². The third kappa shape index (κ3) is 4.20. The molecule has 9 heteroatoms. The lowest BCUT2D eigenvalue weighted by Gasteiger charge is -2.36. The highest BCUT2D eigenvalue weighted by molar-refractivity contribution is 6.34. The number of pyridine rings is 1. The first-order chi connectivity index (χ1) is 14.3. The summed E-state index contributed by atoms with van der Waals surface area (Å²) in [6.45, 7) is 11.5. The lowest BCUT2D eigenvalue weighted by atomic mass is 9.92. The Morgan fingerprint density at radius 1 is 1.30 bits per heavy atom. The summed E-state index contributed by atoms with van der Waals surface area (Å²) >= 11 is 6.35. The lowest BCUT2D eigenvalue weighted by Crippen LogP contribution is -2.45. The average Bonchev–Trinajstić information content (AvgIpc) is 2.70. The first kappa shape index (κ1) is 22.2. The molecule has 1 aliphatic heterocycles. The third-order valence-corrected chi connectivity index (χ3v) is 5.96. The Kier molecular flexibility index (Phi) is 6.77. The van der Waals surface area contributed by atoms with Crippen molar-refractivity contribution in [2.45, 2.75) is 34.2 Å². The monoisotopic (exact) mass is 432 g/mol. The predicted octanol–water partition coefficient (Wildman–Crippen LogP) is 2.89. The molecule has 0 fully saturated rings. The van der Waals surface area contributed by atoms with Gasteiger partial charge in [0, 0.05) is 30.4 Å². The van der Waals surface area contributed by atoms with Gasteiger partial charge in [-0.15, -0.1) is 0 Å². The Morgan fingerprint density at radius 3 is 2.63 bits per heavy atom. The third-order valence-electron chi connectivity index (χ3n) is 5.68. The van der Waals surface area contributed by atoms with Crippen molar-refractivity contribution in [3.8, 4) is 5.75 Å². The molecule has 162 valence electrons. The molecule has 3 heterocycles. The minimum Gasteiger partial charge on any atom is -0.496 e. The molecule has 2 aromatic heterocycles. The van der Waals surface area contributed by atoms with Crippen LogP contribution in [0.15, 0.2) is 6.20 Å². The highest BCUT2D eigenvalue weighted by Crippen LogP contribution is 2.35.